The molecule has 1 heterocycles. The Balaban J connectivity index is 1.60. The van der Waals surface area contributed by atoms with Gasteiger partial charge in [-0.25, -0.2) is 0 Å². The molecule has 7 heteroatoms. The highest BCUT2D eigenvalue weighted by molar-refractivity contribution is 7.80. The monoisotopic (exact) mass is 374 g/mol. The van der Waals surface area contributed by atoms with E-state index in [1.54, 1.807) is 14.2 Å². The molecule has 1 aliphatic rings. The van der Waals surface area contributed by atoms with Crippen molar-refractivity contribution in [1.29, 1.82) is 0 Å². The van der Waals surface area contributed by atoms with Crippen LogP contribution < -0.4 is 24.3 Å². The Hall–Kier alpha value is -2.67. The zero-order valence-corrected chi connectivity index (χ0v) is 15.9. The Labute approximate surface area is 158 Å². The van der Waals surface area contributed by atoms with Gasteiger partial charge in [0.1, 0.15) is 0 Å². The minimum Gasteiger partial charge on any atom is -0.493 e. The number of para-hydroxylation sites is 1. The summed E-state index contributed by atoms with van der Waals surface area (Å²) in [6.45, 7) is 1.48. The molecule has 0 aliphatic carbocycles. The number of hydrogen-bond donors (Lipinski definition) is 1. The summed E-state index contributed by atoms with van der Waals surface area (Å²) in [6, 6.07) is 11.7. The van der Waals surface area contributed by atoms with Crippen LogP contribution in [-0.2, 0) is 13.1 Å². The van der Waals surface area contributed by atoms with E-state index in [-0.39, 0.29) is 6.79 Å². The molecule has 0 radical (unpaired) electrons. The minimum atomic E-state index is 0.274. The van der Waals surface area contributed by atoms with Gasteiger partial charge < -0.3 is 29.2 Å². The summed E-state index contributed by atoms with van der Waals surface area (Å²) in [6.07, 6.45) is 0. The van der Waals surface area contributed by atoms with Crippen molar-refractivity contribution in [1.82, 2.24) is 10.2 Å². The van der Waals surface area contributed by atoms with Crippen molar-refractivity contribution < 1.29 is 18.9 Å². The minimum absolute atomic E-state index is 0.274. The Morgan fingerprint density at radius 2 is 1.96 bits per heavy atom. The van der Waals surface area contributed by atoms with Gasteiger partial charge in [0.15, 0.2) is 28.1 Å². The predicted molar refractivity (Wildman–Crippen MR) is 103 cm³/mol. The van der Waals surface area contributed by atoms with Crippen molar-refractivity contribution in [3.05, 3.63) is 47.5 Å². The molecule has 0 unspecified atom stereocenters. The summed E-state index contributed by atoms with van der Waals surface area (Å²) in [4.78, 5) is 1.96. The fourth-order valence-corrected chi connectivity index (χ4v) is 2.91. The van der Waals surface area contributed by atoms with Crippen LogP contribution in [0.4, 0.5) is 0 Å². The highest BCUT2D eigenvalue weighted by Gasteiger charge is 2.15. The Morgan fingerprint density at radius 3 is 2.73 bits per heavy atom. The van der Waals surface area contributed by atoms with Gasteiger partial charge in [-0.2, -0.15) is 0 Å². The number of benzene rings is 2. The van der Waals surface area contributed by atoms with Crippen LogP contribution in [0.5, 0.6) is 23.0 Å². The molecule has 6 nitrogen and oxygen atoms in total. The lowest BCUT2D eigenvalue weighted by Gasteiger charge is -2.23. The number of ether oxygens (including phenoxy) is 4. The smallest absolute Gasteiger partial charge is 0.231 e. The Morgan fingerprint density at radius 1 is 1.15 bits per heavy atom. The van der Waals surface area contributed by atoms with Gasteiger partial charge in [-0.1, -0.05) is 18.2 Å². The average Bonchev–Trinajstić information content (AvgIpc) is 3.13. The maximum atomic E-state index is 5.50. The van der Waals surface area contributed by atoms with Gasteiger partial charge in [-0.3, -0.25) is 0 Å². The van der Waals surface area contributed by atoms with Crippen molar-refractivity contribution in [3.63, 3.8) is 0 Å². The quantitative estimate of drug-likeness (QED) is 0.780. The van der Waals surface area contributed by atoms with Crippen LogP contribution in [-0.4, -0.2) is 38.1 Å². The van der Waals surface area contributed by atoms with Crippen molar-refractivity contribution in [3.8, 4) is 23.0 Å². The topological polar surface area (TPSA) is 52.2 Å². The first-order chi connectivity index (χ1) is 12.6. The summed E-state index contributed by atoms with van der Waals surface area (Å²) in [5, 5.41) is 3.91. The van der Waals surface area contributed by atoms with Gasteiger partial charge in [-0.15, -0.1) is 0 Å². The van der Waals surface area contributed by atoms with E-state index < -0.39 is 0 Å². The van der Waals surface area contributed by atoms with Crippen molar-refractivity contribution in [2.75, 3.05) is 28.1 Å². The van der Waals surface area contributed by atoms with Gasteiger partial charge in [0.2, 0.25) is 6.79 Å². The lowest BCUT2D eigenvalue weighted by Crippen LogP contribution is -2.36. The van der Waals surface area contributed by atoms with E-state index in [1.807, 2.05) is 48.3 Å². The molecule has 1 aliphatic heterocycles. The van der Waals surface area contributed by atoms with Crippen LogP contribution >= 0.6 is 12.2 Å². The lowest BCUT2D eigenvalue weighted by molar-refractivity contribution is 0.174. The van der Waals surface area contributed by atoms with Crippen LogP contribution in [0.1, 0.15) is 11.1 Å². The molecule has 0 bridgehead atoms. The summed E-state index contributed by atoms with van der Waals surface area (Å²) >= 11 is 5.50. The SMILES string of the molecule is COc1cccc(CN(C)C(=S)NCc2ccc3c(c2)OCO3)c1OC. The van der Waals surface area contributed by atoms with Crippen molar-refractivity contribution in [2.24, 2.45) is 0 Å². The first-order valence-electron chi connectivity index (χ1n) is 8.19. The van der Waals surface area contributed by atoms with Gasteiger partial charge >= 0.3 is 0 Å². The van der Waals surface area contributed by atoms with E-state index in [0.29, 0.717) is 24.0 Å². The molecule has 0 saturated carbocycles. The third-order valence-electron chi connectivity index (χ3n) is 4.12. The molecule has 2 aromatic rings. The van der Waals surface area contributed by atoms with E-state index in [4.69, 9.17) is 31.2 Å². The molecule has 0 amide bonds. The van der Waals surface area contributed by atoms with E-state index >= 15 is 0 Å². The number of nitrogens with zero attached hydrogens (tertiary/aromatic N) is 1. The Kier molecular flexibility index (Phi) is 5.68. The van der Waals surface area contributed by atoms with E-state index in [1.165, 1.54) is 0 Å². The molecule has 26 heavy (non-hydrogen) atoms. The predicted octanol–water partition coefficient (Wildman–Crippen LogP) is 2.94. The van der Waals surface area contributed by atoms with Gasteiger partial charge in [0, 0.05) is 25.7 Å². The summed E-state index contributed by atoms with van der Waals surface area (Å²) < 4.78 is 21.6. The third-order valence-corrected chi connectivity index (χ3v) is 4.58. The second-order valence-electron chi connectivity index (χ2n) is 5.86. The molecule has 0 atom stereocenters. The number of fused-ring (bicyclic) bond motifs is 1. The number of methoxy groups -OCH3 is 2. The number of hydrogen-bond acceptors (Lipinski definition) is 5. The van der Waals surface area contributed by atoms with Gasteiger partial charge in [-0.05, 0) is 36.0 Å². The van der Waals surface area contributed by atoms with Crippen molar-refractivity contribution >= 4 is 17.3 Å². The molecule has 0 saturated heterocycles. The molecule has 138 valence electrons. The third kappa shape index (κ3) is 3.94. The van der Waals surface area contributed by atoms with Crippen LogP contribution in [0.25, 0.3) is 0 Å². The highest BCUT2D eigenvalue weighted by Crippen LogP contribution is 2.33. The highest BCUT2D eigenvalue weighted by atomic mass is 32.1. The zero-order chi connectivity index (χ0) is 18.5. The summed E-state index contributed by atoms with van der Waals surface area (Å²) in [5.74, 6) is 2.97. The molecule has 0 aromatic heterocycles. The van der Waals surface area contributed by atoms with E-state index in [9.17, 15) is 0 Å². The van der Waals surface area contributed by atoms with Gasteiger partial charge in [0.05, 0.1) is 14.2 Å². The van der Waals surface area contributed by atoms with E-state index in [0.717, 1.165) is 28.4 Å². The van der Waals surface area contributed by atoms with Crippen molar-refractivity contribution in [2.45, 2.75) is 13.1 Å². The molecule has 0 fully saturated rings. The molecular weight excluding hydrogens is 352 g/mol. The van der Waals surface area contributed by atoms with Crippen LogP contribution in [0.3, 0.4) is 0 Å². The van der Waals surface area contributed by atoms with Gasteiger partial charge in [0.25, 0.3) is 0 Å². The summed E-state index contributed by atoms with van der Waals surface area (Å²) in [5.41, 5.74) is 2.07. The number of nitrogens with one attached hydrogen (secondary N) is 1. The normalized spacial score (nSPS) is 11.8. The van der Waals surface area contributed by atoms with Crippen LogP contribution in [0, 0.1) is 0 Å². The first kappa shape index (κ1) is 18.1. The number of rotatable bonds is 6. The molecule has 2 aromatic carbocycles. The number of thiocarbonyl (C=S) groups is 1. The maximum Gasteiger partial charge on any atom is 0.231 e. The lowest BCUT2D eigenvalue weighted by atomic mass is 10.1. The Bertz CT molecular complexity index is 797. The molecule has 3 rings (SSSR count). The second-order valence-corrected chi connectivity index (χ2v) is 6.24. The fraction of sp³-hybridized carbons (Fsp3) is 0.316. The average molecular weight is 374 g/mol. The summed E-state index contributed by atoms with van der Waals surface area (Å²) in [7, 11) is 5.20. The standard InChI is InChI=1S/C19H22N2O4S/c1-21(11-14-5-4-6-16(22-2)18(14)23-3)19(26)20-10-13-7-8-15-17(9-13)25-12-24-15/h4-9H,10-12H2,1-3H3,(H,20,26). The largest absolute Gasteiger partial charge is 0.493 e. The van der Waals surface area contributed by atoms with Crippen LogP contribution in [0.2, 0.25) is 0 Å². The molecular formula is C19H22N2O4S. The zero-order valence-electron chi connectivity index (χ0n) is 15.1. The molecule has 1 N–H and O–H groups in total. The molecule has 0 spiro atoms. The second kappa shape index (κ2) is 8.14. The van der Waals surface area contributed by atoms with Crippen LogP contribution in [0.15, 0.2) is 36.4 Å². The fourth-order valence-electron chi connectivity index (χ4n) is 2.77. The first-order valence-corrected chi connectivity index (χ1v) is 8.60. The van der Waals surface area contributed by atoms with E-state index in [2.05, 4.69) is 5.32 Å². The maximum absolute atomic E-state index is 5.50.